The molecule has 1 saturated heterocycles. The minimum atomic E-state index is 0.242. The quantitative estimate of drug-likeness (QED) is 0.664. The molecule has 5 rings (SSSR count). The van der Waals surface area contributed by atoms with E-state index in [1.807, 2.05) is 0 Å². The molecule has 160 valence electrons. The van der Waals surface area contributed by atoms with Gasteiger partial charge in [-0.2, -0.15) is 0 Å². The molecule has 2 N–H and O–H groups in total. The number of hydrogen-bond acceptors (Lipinski definition) is 6. The second-order valence-electron chi connectivity index (χ2n) is 9.19. The molecule has 1 fully saturated rings. The Bertz CT molecular complexity index is 1050. The molecule has 0 saturated carbocycles. The fourth-order valence-electron chi connectivity index (χ4n) is 5.15. The monoisotopic (exact) mass is 410 g/mol. The molecule has 0 aromatic carbocycles. The molecule has 7 nitrogen and oxygen atoms in total. The number of furan rings is 1. The zero-order valence-electron chi connectivity index (χ0n) is 18.1. The van der Waals surface area contributed by atoms with Crippen LogP contribution in [0.5, 0.6) is 0 Å². The van der Waals surface area contributed by atoms with Crippen LogP contribution in [-0.4, -0.2) is 59.4 Å². The molecule has 1 aliphatic carbocycles. The number of hydrogen-bond donors (Lipinski definition) is 2. The van der Waals surface area contributed by atoms with E-state index in [1.54, 1.807) is 6.33 Å². The summed E-state index contributed by atoms with van der Waals surface area (Å²) in [6, 6.07) is 0. The topological polar surface area (TPSA) is 79.7 Å². The van der Waals surface area contributed by atoms with Crippen LogP contribution < -0.4 is 9.80 Å². The molecule has 0 atom stereocenters. The first kappa shape index (κ1) is 19.7. The van der Waals surface area contributed by atoms with Gasteiger partial charge in [0.15, 0.2) is 11.4 Å². The van der Waals surface area contributed by atoms with Crippen molar-refractivity contribution < 1.29 is 14.4 Å². The van der Waals surface area contributed by atoms with Crippen LogP contribution >= 0.6 is 0 Å². The predicted molar refractivity (Wildman–Crippen MR) is 117 cm³/mol. The van der Waals surface area contributed by atoms with Crippen LogP contribution in [0.1, 0.15) is 43.5 Å². The second kappa shape index (κ2) is 8.12. The minimum absolute atomic E-state index is 0.242. The lowest BCUT2D eigenvalue weighted by Crippen LogP contribution is -3.15. The Morgan fingerprint density at radius 1 is 1.13 bits per heavy atom. The Hall–Kier alpha value is -2.25. The van der Waals surface area contributed by atoms with E-state index in [0.717, 1.165) is 80.0 Å². The van der Waals surface area contributed by atoms with Crippen LogP contribution in [0.25, 0.3) is 22.2 Å². The highest BCUT2D eigenvalue weighted by Crippen LogP contribution is 2.38. The van der Waals surface area contributed by atoms with Gasteiger partial charge in [-0.15, -0.1) is 0 Å². The minimum Gasteiger partial charge on any atom is -0.432 e. The van der Waals surface area contributed by atoms with E-state index in [-0.39, 0.29) is 6.61 Å². The smallest absolute Gasteiger partial charge is 0.229 e. The third-order valence-corrected chi connectivity index (χ3v) is 6.63. The van der Waals surface area contributed by atoms with Crippen LogP contribution in [0, 0.1) is 5.92 Å². The fourth-order valence-corrected chi connectivity index (χ4v) is 5.15. The molecule has 0 spiro atoms. The largest absolute Gasteiger partial charge is 0.432 e. The summed E-state index contributed by atoms with van der Waals surface area (Å²) in [6.45, 7) is 9.37. The first-order chi connectivity index (χ1) is 14.7. The van der Waals surface area contributed by atoms with Gasteiger partial charge in [-0.05, 0) is 49.1 Å². The number of nitrogens with zero attached hydrogens (tertiary/aromatic N) is 4. The van der Waals surface area contributed by atoms with Gasteiger partial charge < -0.3 is 19.3 Å². The molecule has 0 unspecified atom stereocenters. The molecular formula is C23H32N5O2+. The highest BCUT2D eigenvalue weighted by molar-refractivity contribution is 6.06. The van der Waals surface area contributed by atoms with E-state index >= 15 is 0 Å². The van der Waals surface area contributed by atoms with Crippen molar-refractivity contribution >= 4 is 28.0 Å². The van der Waals surface area contributed by atoms with Crippen molar-refractivity contribution in [3.8, 4) is 0 Å². The van der Waals surface area contributed by atoms with Gasteiger partial charge in [-0.3, -0.25) is 0 Å². The molecule has 1 aliphatic heterocycles. The Morgan fingerprint density at radius 2 is 1.90 bits per heavy atom. The summed E-state index contributed by atoms with van der Waals surface area (Å²) in [5.74, 6) is 1.45. The molecule has 0 bridgehead atoms. The summed E-state index contributed by atoms with van der Waals surface area (Å²) in [5.41, 5.74) is 6.48. The number of piperazine rings is 1. The second-order valence-corrected chi connectivity index (χ2v) is 9.19. The average molecular weight is 411 g/mol. The van der Waals surface area contributed by atoms with Crippen molar-refractivity contribution in [1.29, 1.82) is 0 Å². The van der Waals surface area contributed by atoms with Gasteiger partial charge in [0.05, 0.1) is 38.2 Å². The molecule has 3 aromatic rings. The summed E-state index contributed by atoms with van der Waals surface area (Å²) in [6.07, 6.45) is 7.31. The van der Waals surface area contributed by atoms with Gasteiger partial charge in [0.25, 0.3) is 0 Å². The number of aliphatic hydroxyl groups excluding tert-OH is 1. The third kappa shape index (κ3) is 3.44. The number of anilines is 1. The summed E-state index contributed by atoms with van der Waals surface area (Å²) in [7, 11) is 0. The lowest BCUT2D eigenvalue weighted by atomic mass is 9.87. The summed E-state index contributed by atoms with van der Waals surface area (Å²) in [5, 5.41) is 10.3. The average Bonchev–Trinajstić information content (AvgIpc) is 3.13. The lowest BCUT2D eigenvalue weighted by Gasteiger charge is -2.32. The van der Waals surface area contributed by atoms with Crippen molar-refractivity contribution in [3.05, 3.63) is 23.1 Å². The van der Waals surface area contributed by atoms with Gasteiger partial charge >= 0.3 is 0 Å². The first-order valence-corrected chi connectivity index (χ1v) is 11.4. The number of rotatable bonds is 5. The van der Waals surface area contributed by atoms with Crippen LogP contribution in [0.3, 0.4) is 0 Å². The normalized spacial score (nSPS) is 17.9. The summed E-state index contributed by atoms with van der Waals surface area (Å²) in [4.78, 5) is 18.0. The lowest BCUT2D eigenvalue weighted by molar-refractivity contribution is -0.900. The van der Waals surface area contributed by atoms with Crippen molar-refractivity contribution in [1.82, 2.24) is 15.0 Å². The van der Waals surface area contributed by atoms with Crippen molar-refractivity contribution in [2.24, 2.45) is 5.92 Å². The molecule has 0 radical (unpaired) electrons. The number of aliphatic hydroxyl groups is 1. The van der Waals surface area contributed by atoms with E-state index in [9.17, 15) is 5.11 Å². The molecule has 0 amide bonds. The number of quaternary nitrogens is 1. The Kier molecular flexibility index (Phi) is 5.33. The third-order valence-electron chi connectivity index (χ3n) is 6.63. The zero-order chi connectivity index (χ0) is 20.7. The van der Waals surface area contributed by atoms with Gasteiger partial charge in [-0.25, -0.2) is 15.0 Å². The number of pyridine rings is 1. The zero-order valence-corrected chi connectivity index (χ0v) is 18.1. The maximum Gasteiger partial charge on any atom is 0.229 e. The number of aromatic nitrogens is 3. The van der Waals surface area contributed by atoms with E-state index in [1.165, 1.54) is 34.6 Å². The van der Waals surface area contributed by atoms with Gasteiger partial charge in [-0.1, -0.05) is 13.8 Å². The van der Waals surface area contributed by atoms with Gasteiger partial charge in [0, 0.05) is 5.69 Å². The Morgan fingerprint density at radius 3 is 2.63 bits per heavy atom. The standard InChI is InChI=1S/C23H31N5O2/c1-15(2)13-18-16-5-3-4-6-17(16)19-20-21(30-23(19)26-18)22(25-14-24-20)28-9-7-27(8-10-28)11-12-29/h14-15,29H,3-13H2,1-2H3/p+1. The first-order valence-electron chi connectivity index (χ1n) is 11.4. The van der Waals surface area contributed by atoms with Crippen LogP contribution in [-0.2, 0) is 19.3 Å². The highest BCUT2D eigenvalue weighted by atomic mass is 16.3. The number of fused-ring (bicyclic) bond motifs is 5. The van der Waals surface area contributed by atoms with Crippen molar-refractivity contribution in [2.75, 3.05) is 44.2 Å². The molecule has 7 heteroatoms. The highest BCUT2D eigenvalue weighted by Gasteiger charge is 2.27. The molecule has 3 aromatic heterocycles. The van der Waals surface area contributed by atoms with Crippen molar-refractivity contribution in [3.63, 3.8) is 0 Å². The maximum atomic E-state index is 9.22. The SMILES string of the molecule is CC(C)Cc1nc2oc3c(N4CC[NH+](CCO)CC4)ncnc3c2c2c1CCCC2. The Balaban J connectivity index is 1.60. The van der Waals surface area contributed by atoms with E-state index < -0.39 is 0 Å². The fraction of sp³-hybridized carbons (Fsp3) is 0.609. The van der Waals surface area contributed by atoms with Crippen molar-refractivity contribution in [2.45, 2.75) is 46.0 Å². The molecular weight excluding hydrogens is 378 g/mol. The van der Waals surface area contributed by atoms with Gasteiger partial charge in [0.1, 0.15) is 18.4 Å². The molecule has 2 aliphatic rings. The number of nitrogens with one attached hydrogen (secondary N) is 1. The van der Waals surface area contributed by atoms with Crippen LogP contribution in [0.4, 0.5) is 5.82 Å². The summed E-state index contributed by atoms with van der Waals surface area (Å²) >= 11 is 0. The van der Waals surface area contributed by atoms with Crippen LogP contribution in [0.15, 0.2) is 10.7 Å². The predicted octanol–water partition coefficient (Wildman–Crippen LogP) is 1.55. The molecule has 4 heterocycles. The van der Waals surface area contributed by atoms with Crippen LogP contribution in [0.2, 0.25) is 0 Å². The maximum absolute atomic E-state index is 9.22. The summed E-state index contributed by atoms with van der Waals surface area (Å²) < 4.78 is 6.37. The van der Waals surface area contributed by atoms with E-state index in [2.05, 4.69) is 28.7 Å². The van der Waals surface area contributed by atoms with Gasteiger partial charge in [0.2, 0.25) is 5.71 Å². The van der Waals surface area contributed by atoms with E-state index in [4.69, 9.17) is 9.40 Å². The van der Waals surface area contributed by atoms with E-state index in [0.29, 0.717) is 5.92 Å². The Labute approximate surface area is 177 Å². The number of aryl methyl sites for hydroxylation is 1. The molecule has 30 heavy (non-hydrogen) atoms.